The minimum atomic E-state index is -1.70. The van der Waals surface area contributed by atoms with Crippen LogP contribution in [0.3, 0.4) is 0 Å². The summed E-state index contributed by atoms with van der Waals surface area (Å²) in [5.74, 6) is 1.42. The van der Waals surface area contributed by atoms with Gasteiger partial charge in [0, 0.05) is 25.3 Å². The second-order valence-electron chi connectivity index (χ2n) is 6.65. The van der Waals surface area contributed by atoms with Gasteiger partial charge in [0.05, 0.1) is 12.3 Å². The van der Waals surface area contributed by atoms with Crippen LogP contribution in [0.2, 0.25) is 0 Å². The molecule has 9 heteroatoms. The van der Waals surface area contributed by atoms with Crippen molar-refractivity contribution in [3.05, 3.63) is 53.5 Å². The second kappa shape index (κ2) is 8.39. The molecule has 2 unspecified atom stereocenters. The third-order valence-electron chi connectivity index (χ3n) is 4.15. The van der Waals surface area contributed by atoms with E-state index in [2.05, 4.69) is 19.4 Å². The Morgan fingerprint density at radius 2 is 2.00 bits per heavy atom. The van der Waals surface area contributed by atoms with E-state index in [4.69, 9.17) is 4.42 Å². The summed E-state index contributed by atoms with van der Waals surface area (Å²) in [5.41, 5.74) is 2.22. The van der Waals surface area contributed by atoms with Gasteiger partial charge in [-0.3, -0.25) is 4.79 Å². The van der Waals surface area contributed by atoms with E-state index in [0.717, 1.165) is 17.7 Å². The normalized spacial score (nSPS) is 16.9. The van der Waals surface area contributed by atoms with E-state index >= 15 is 0 Å². The molecule has 0 fully saturated rings. The zero-order valence-corrected chi connectivity index (χ0v) is 17.0. The van der Waals surface area contributed by atoms with Crippen LogP contribution >= 0.6 is 0 Å². The van der Waals surface area contributed by atoms with E-state index in [1.807, 2.05) is 19.9 Å². The minimum absolute atomic E-state index is 0.105. The predicted octanol–water partition coefficient (Wildman–Crippen LogP) is 2.83. The molecule has 0 saturated heterocycles. The molecule has 3 rings (SSSR count). The molecule has 1 amide bonds. The molecule has 1 aromatic carbocycles. The highest BCUT2D eigenvalue weighted by Gasteiger charge is 2.24. The fourth-order valence-electron chi connectivity index (χ4n) is 2.74. The molecule has 148 valence electrons. The number of carbonyl (C=O) groups is 1. The Bertz CT molecular complexity index is 964. The second-order valence-corrected chi connectivity index (χ2v) is 7.47. The van der Waals surface area contributed by atoms with Crippen molar-refractivity contribution in [3.63, 3.8) is 0 Å². The molecule has 0 bridgehead atoms. The smallest absolute Gasteiger partial charge is 0.269 e. The van der Waals surface area contributed by atoms with Crippen molar-refractivity contribution < 1.29 is 13.4 Å². The molecule has 0 spiro atoms. The maximum Gasteiger partial charge on any atom is 0.269 e. The van der Waals surface area contributed by atoms with Crippen LogP contribution in [0.1, 0.15) is 41.1 Å². The fraction of sp³-hybridized carbons (Fsp3) is 0.316. The van der Waals surface area contributed by atoms with E-state index in [9.17, 15) is 9.00 Å². The highest BCUT2D eigenvalue weighted by molar-refractivity contribution is 7.83. The SMILES string of the molecule is CCC(NC1=NS(=O)N=C1Nc1cccc(C(=O)N(C)C)c1)c1cc(C)co1. The van der Waals surface area contributed by atoms with Crippen LogP contribution in [0.25, 0.3) is 0 Å². The minimum Gasteiger partial charge on any atom is -0.467 e. The first-order valence-corrected chi connectivity index (χ1v) is 9.93. The maximum atomic E-state index is 12.2. The summed E-state index contributed by atoms with van der Waals surface area (Å²) in [6, 6.07) is 8.86. The zero-order valence-electron chi connectivity index (χ0n) is 16.2. The van der Waals surface area contributed by atoms with Gasteiger partial charge in [-0.15, -0.1) is 8.80 Å². The average Bonchev–Trinajstić information content (AvgIpc) is 3.24. The van der Waals surface area contributed by atoms with Gasteiger partial charge in [-0.1, -0.05) is 13.0 Å². The molecule has 0 radical (unpaired) electrons. The van der Waals surface area contributed by atoms with Gasteiger partial charge in [0.25, 0.3) is 17.1 Å². The van der Waals surface area contributed by atoms with E-state index in [1.54, 1.807) is 44.6 Å². The van der Waals surface area contributed by atoms with Gasteiger partial charge in [0.1, 0.15) is 5.76 Å². The lowest BCUT2D eigenvalue weighted by Gasteiger charge is -2.17. The molecule has 2 atom stereocenters. The van der Waals surface area contributed by atoms with E-state index in [0.29, 0.717) is 22.9 Å². The lowest BCUT2D eigenvalue weighted by Crippen LogP contribution is -2.36. The van der Waals surface area contributed by atoms with Crippen molar-refractivity contribution in [3.8, 4) is 0 Å². The van der Waals surface area contributed by atoms with Gasteiger partial charge in [-0.05, 0) is 43.2 Å². The third-order valence-corrected chi connectivity index (χ3v) is 4.83. The maximum absolute atomic E-state index is 12.2. The zero-order chi connectivity index (χ0) is 20.3. The van der Waals surface area contributed by atoms with Gasteiger partial charge in [0.2, 0.25) is 0 Å². The van der Waals surface area contributed by atoms with E-state index in [1.165, 1.54) is 4.90 Å². The van der Waals surface area contributed by atoms with Crippen molar-refractivity contribution in [2.24, 2.45) is 8.80 Å². The summed E-state index contributed by atoms with van der Waals surface area (Å²) in [7, 11) is 3.39. The number of hydrogen-bond acceptors (Lipinski definition) is 5. The Balaban J connectivity index is 1.78. The molecule has 2 heterocycles. The van der Waals surface area contributed by atoms with Crippen molar-refractivity contribution >= 4 is 34.4 Å². The topological polar surface area (TPSA) is 99.3 Å². The Hall–Kier alpha value is -2.94. The first kappa shape index (κ1) is 19.8. The number of hydrogen-bond donors (Lipinski definition) is 2. The molecule has 0 aliphatic carbocycles. The molecule has 1 aliphatic rings. The summed E-state index contributed by atoms with van der Waals surface area (Å²) in [5, 5.41) is 6.35. The van der Waals surface area contributed by atoms with Crippen molar-refractivity contribution in [2.45, 2.75) is 26.3 Å². The Kier molecular flexibility index (Phi) is 5.93. The molecule has 8 nitrogen and oxygen atoms in total. The number of amidine groups is 2. The Morgan fingerprint density at radius 3 is 2.64 bits per heavy atom. The largest absolute Gasteiger partial charge is 0.467 e. The van der Waals surface area contributed by atoms with Crippen LogP contribution in [-0.4, -0.2) is 40.8 Å². The van der Waals surface area contributed by atoms with Crippen LogP contribution in [0.5, 0.6) is 0 Å². The molecular weight excluding hydrogens is 378 g/mol. The summed E-state index contributed by atoms with van der Waals surface area (Å²) < 4.78 is 25.6. The van der Waals surface area contributed by atoms with Gasteiger partial charge in [-0.2, -0.15) is 0 Å². The first-order chi connectivity index (χ1) is 13.4. The van der Waals surface area contributed by atoms with Crippen molar-refractivity contribution in [1.29, 1.82) is 0 Å². The number of anilines is 1. The van der Waals surface area contributed by atoms with Crippen LogP contribution in [0, 0.1) is 6.92 Å². The molecule has 2 aromatic rings. The van der Waals surface area contributed by atoms with Crippen LogP contribution in [0.15, 0.2) is 49.8 Å². The lowest BCUT2D eigenvalue weighted by molar-refractivity contribution is 0.0827. The number of nitrogens with zero attached hydrogens (tertiary/aromatic N) is 3. The van der Waals surface area contributed by atoms with E-state index < -0.39 is 11.2 Å². The Labute approximate surface area is 166 Å². The molecule has 2 N–H and O–H groups in total. The van der Waals surface area contributed by atoms with Gasteiger partial charge >= 0.3 is 0 Å². The van der Waals surface area contributed by atoms with Crippen molar-refractivity contribution in [2.75, 3.05) is 19.4 Å². The Morgan fingerprint density at radius 1 is 1.25 bits per heavy atom. The standard InChI is InChI=1S/C19H23N5O3S/c1-5-15(16-9-12(2)11-27-16)21-18-17(22-28(26)23-18)20-14-8-6-7-13(10-14)19(25)24(3)4/h6-11,15H,5H2,1-4H3,(H,20,22)(H,21,23). The summed E-state index contributed by atoms with van der Waals surface area (Å²) in [4.78, 5) is 13.7. The monoisotopic (exact) mass is 401 g/mol. The summed E-state index contributed by atoms with van der Waals surface area (Å²) >= 11 is -1.70. The predicted molar refractivity (Wildman–Crippen MR) is 111 cm³/mol. The number of aryl methyl sites for hydroxylation is 1. The highest BCUT2D eigenvalue weighted by Crippen LogP contribution is 2.21. The van der Waals surface area contributed by atoms with E-state index in [-0.39, 0.29) is 11.9 Å². The quantitative estimate of drug-likeness (QED) is 0.803. The van der Waals surface area contributed by atoms with Crippen LogP contribution in [0.4, 0.5) is 5.69 Å². The third kappa shape index (κ3) is 4.48. The van der Waals surface area contributed by atoms with Gasteiger partial charge in [0.15, 0.2) is 11.7 Å². The highest BCUT2D eigenvalue weighted by atomic mass is 32.2. The van der Waals surface area contributed by atoms with Gasteiger partial charge in [-0.25, -0.2) is 4.21 Å². The van der Waals surface area contributed by atoms with Gasteiger partial charge < -0.3 is 20.0 Å². The lowest BCUT2D eigenvalue weighted by atomic mass is 10.1. The number of carbonyl (C=O) groups excluding carboxylic acids is 1. The molecular formula is C19H23N5O3S. The molecule has 1 aromatic heterocycles. The van der Waals surface area contributed by atoms with Crippen LogP contribution in [-0.2, 0) is 11.2 Å². The molecule has 1 aliphatic heterocycles. The summed E-state index contributed by atoms with van der Waals surface area (Å²) in [6.07, 6.45) is 2.44. The number of rotatable bonds is 5. The number of benzene rings is 1. The number of amides is 1. The summed E-state index contributed by atoms with van der Waals surface area (Å²) in [6.45, 7) is 3.97. The van der Waals surface area contributed by atoms with Crippen LogP contribution < -0.4 is 10.6 Å². The fourth-order valence-corrected chi connectivity index (χ4v) is 3.36. The average molecular weight is 401 g/mol. The number of furan rings is 1. The number of nitrogens with one attached hydrogen (secondary N) is 2. The van der Waals surface area contributed by atoms with Crippen molar-refractivity contribution in [1.82, 2.24) is 10.2 Å². The first-order valence-electron chi connectivity index (χ1n) is 8.87. The molecule has 28 heavy (non-hydrogen) atoms. The molecule has 0 saturated carbocycles.